The highest BCUT2D eigenvalue weighted by Crippen LogP contribution is 2.61. The second-order valence-electron chi connectivity index (χ2n) is 19.5. The molecule has 2 aliphatic rings. The minimum absolute atomic E-state index is 0.714. The molecule has 2 aliphatic carbocycles. The number of nitrogens with zero attached hydrogens (tertiary/aromatic N) is 2. The van der Waals surface area contributed by atoms with Crippen molar-refractivity contribution in [3.63, 3.8) is 0 Å². The molecule has 10 aromatic rings. The lowest BCUT2D eigenvalue weighted by Gasteiger charge is -2.36. The maximum Gasteiger partial charge on any atom is 0.0712 e. The van der Waals surface area contributed by atoms with Crippen molar-refractivity contribution in [2.24, 2.45) is 0 Å². The van der Waals surface area contributed by atoms with Crippen molar-refractivity contribution < 1.29 is 0 Å². The number of allylic oxidation sites excluding steroid dienone is 10. The third-order valence-corrected chi connectivity index (χ3v) is 15.1. The summed E-state index contributed by atoms with van der Waals surface area (Å²) in [6.07, 6.45) is 18.5. The van der Waals surface area contributed by atoms with Gasteiger partial charge in [-0.15, -0.1) is 0 Å². The molecule has 0 saturated carbocycles. The number of benzene rings is 10. The van der Waals surface area contributed by atoms with E-state index in [4.69, 9.17) is 0 Å². The molecule has 0 N–H and O–H groups in total. The van der Waals surface area contributed by atoms with E-state index in [0.29, 0.717) is 0 Å². The molecule has 0 bridgehead atoms. The predicted molar refractivity (Wildman–Crippen MR) is 327 cm³/mol. The van der Waals surface area contributed by atoms with Crippen LogP contribution in [-0.2, 0) is 5.41 Å². The van der Waals surface area contributed by atoms with Crippen LogP contribution < -0.4 is 9.80 Å². The molecule has 0 heterocycles. The number of fused-ring (bicyclic) bond motifs is 3. The van der Waals surface area contributed by atoms with Gasteiger partial charge in [-0.3, -0.25) is 0 Å². The highest BCUT2D eigenvalue weighted by atomic mass is 15.2. The smallest absolute Gasteiger partial charge is 0.0712 e. The van der Waals surface area contributed by atoms with E-state index in [1.807, 2.05) is 6.08 Å². The normalized spacial score (nSPS) is 14.7. The number of hydrogen-bond donors (Lipinski definition) is 0. The summed E-state index contributed by atoms with van der Waals surface area (Å²) in [5.74, 6) is 0. The molecule has 0 radical (unpaired) electrons. The first-order valence-corrected chi connectivity index (χ1v) is 26.6. The minimum atomic E-state index is -0.714. The second kappa shape index (κ2) is 21.6. The Morgan fingerprint density at radius 2 is 0.961 bits per heavy atom. The molecule has 2 heteroatoms. The highest BCUT2D eigenvalue weighted by Gasteiger charge is 2.48. The molecule has 0 amide bonds. The van der Waals surface area contributed by atoms with Gasteiger partial charge in [-0.25, -0.2) is 0 Å². The van der Waals surface area contributed by atoms with Gasteiger partial charge in [-0.05, 0) is 141 Å². The van der Waals surface area contributed by atoms with Crippen molar-refractivity contribution in [1.82, 2.24) is 0 Å². The second-order valence-corrected chi connectivity index (χ2v) is 19.5. The summed E-state index contributed by atoms with van der Waals surface area (Å²) >= 11 is 0. The number of rotatable bonds is 14. The Labute approximate surface area is 454 Å². The van der Waals surface area contributed by atoms with Gasteiger partial charge in [0.1, 0.15) is 0 Å². The van der Waals surface area contributed by atoms with Gasteiger partial charge in [-0.1, -0.05) is 255 Å². The van der Waals surface area contributed by atoms with Crippen LogP contribution in [0.2, 0.25) is 0 Å². The topological polar surface area (TPSA) is 6.48 Å². The molecule has 0 fully saturated rings. The average molecular weight is 987 g/mol. The monoisotopic (exact) mass is 986 g/mol. The van der Waals surface area contributed by atoms with E-state index in [-0.39, 0.29) is 0 Å². The standard InChI is InChI=1S/C75H58N2/c1-3-25-72(68(4-2)61-32-18-10-19-33-61)77(66-50-44-60(45-51-66)57-30-16-9-17-31-57)67-52-53-69-71(54-67)75(63-36-22-11-23-37-63,62-34-20-5-6-21-35-62)70-38-24-39-73(74(69)70)76(64-46-40-58(41-47-64)55-26-12-7-13-27-55)65-48-42-59(43-49-65)56-28-14-8-15-29-56/h3-20,22-54H,1,21H2,2H3/b68-4-,72-25+. The maximum absolute atomic E-state index is 4.31. The van der Waals surface area contributed by atoms with Crippen molar-refractivity contribution in [3.8, 4) is 44.5 Å². The van der Waals surface area contributed by atoms with Crippen LogP contribution in [0.3, 0.4) is 0 Å². The van der Waals surface area contributed by atoms with Gasteiger partial charge in [-0.2, -0.15) is 0 Å². The lowest BCUT2D eigenvalue weighted by molar-refractivity contribution is 0.763. The van der Waals surface area contributed by atoms with Gasteiger partial charge in [0.15, 0.2) is 0 Å². The van der Waals surface area contributed by atoms with Gasteiger partial charge in [0.25, 0.3) is 0 Å². The summed E-state index contributed by atoms with van der Waals surface area (Å²) in [7, 11) is 0. The van der Waals surface area contributed by atoms with Gasteiger partial charge in [0.05, 0.1) is 16.8 Å². The third-order valence-electron chi connectivity index (χ3n) is 15.1. The average Bonchev–Trinajstić information content (AvgIpc) is 3.89. The van der Waals surface area contributed by atoms with E-state index in [0.717, 1.165) is 57.3 Å². The fourth-order valence-corrected chi connectivity index (χ4v) is 11.6. The molecule has 10 aromatic carbocycles. The Kier molecular flexibility index (Phi) is 13.5. The molecule has 77 heavy (non-hydrogen) atoms. The zero-order chi connectivity index (χ0) is 52.0. The van der Waals surface area contributed by atoms with Crippen molar-refractivity contribution >= 4 is 34.0 Å². The molecule has 12 rings (SSSR count). The zero-order valence-corrected chi connectivity index (χ0v) is 43.3. The Balaban J connectivity index is 1.12. The summed E-state index contributed by atoms with van der Waals surface area (Å²) < 4.78 is 0. The molecular formula is C75H58N2. The zero-order valence-electron chi connectivity index (χ0n) is 43.3. The Morgan fingerprint density at radius 3 is 1.49 bits per heavy atom. The van der Waals surface area contributed by atoms with E-state index < -0.39 is 5.41 Å². The van der Waals surface area contributed by atoms with Crippen LogP contribution in [0, 0.1) is 0 Å². The minimum Gasteiger partial charge on any atom is -0.310 e. The SMILES string of the molecule is C=C/C=C(\C(=C/C)c1ccccc1)N(c1ccc(-c2ccccc2)cc1)c1ccc2c(c1)C(C1=CCC=CC=C1)(c1ccccc1)c1cccc(N(c3ccc(-c4ccccc4)cc3)c3ccc(-c4ccccc4)cc3)c1-2. The summed E-state index contributed by atoms with van der Waals surface area (Å²) in [5.41, 5.74) is 22.2. The van der Waals surface area contributed by atoms with E-state index in [9.17, 15) is 0 Å². The summed E-state index contributed by atoms with van der Waals surface area (Å²) in [6.45, 7) is 6.44. The molecule has 0 spiro atoms. The number of anilines is 5. The van der Waals surface area contributed by atoms with Crippen molar-refractivity contribution in [1.29, 1.82) is 0 Å². The molecule has 0 aromatic heterocycles. The van der Waals surface area contributed by atoms with Crippen LogP contribution >= 0.6 is 0 Å². The Morgan fingerprint density at radius 1 is 0.468 bits per heavy atom. The Bertz CT molecular complexity index is 3770. The van der Waals surface area contributed by atoms with Crippen molar-refractivity contribution in [2.75, 3.05) is 9.80 Å². The fourth-order valence-electron chi connectivity index (χ4n) is 11.6. The van der Waals surface area contributed by atoms with Crippen molar-refractivity contribution in [2.45, 2.75) is 18.8 Å². The molecular weight excluding hydrogens is 929 g/mol. The largest absolute Gasteiger partial charge is 0.310 e. The van der Waals surface area contributed by atoms with Gasteiger partial charge >= 0.3 is 0 Å². The van der Waals surface area contributed by atoms with Gasteiger partial charge < -0.3 is 9.80 Å². The molecule has 368 valence electrons. The van der Waals surface area contributed by atoms with E-state index in [1.54, 1.807) is 0 Å². The molecule has 1 unspecified atom stereocenters. The molecule has 1 atom stereocenters. The quantitative estimate of drug-likeness (QED) is 0.100. The van der Waals surface area contributed by atoms with Crippen LogP contribution in [-0.4, -0.2) is 0 Å². The van der Waals surface area contributed by atoms with Crippen LogP contribution in [0.4, 0.5) is 28.4 Å². The fraction of sp³-hybridized carbons (Fsp3) is 0.0400. The predicted octanol–water partition coefficient (Wildman–Crippen LogP) is 20.2. The van der Waals surface area contributed by atoms with E-state index >= 15 is 0 Å². The summed E-state index contributed by atoms with van der Waals surface area (Å²) in [4.78, 5) is 4.89. The van der Waals surface area contributed by atoms with Gasteiger partial charge in [0, 0.05) is 33.9 Å². The first-order chi connectivity index (χ1) is 38.1. The maximum atomic E-state index is 4.31. The Hall–Kier alpha value is -9.76. The lowest BCUT2D eigenvalue weighted by Crippen LogP contribution is -2.29. The highest BCUT2D eigenvalue weighted by molar-refractivity contribution is 5.99. The van der Waals surface area contributed by atoms with Crippen molar-refractivity contribution in [3.05, 3.63) is 350 Å². The number of hydrogen-bond acceptors (Lipinski definition) is 2. The molecule has 0 saturated heterocycles. The van der Waals surface area contributed by atoms with E-state index in [1.165, 1.54) is 61.2 Å². The first-order valence-electron chi connectivity index (χ1n) is 26.6. The van der Waals surface area contributed by atoms with Gasteiger partial charge in [0.2, 0.25) is 0 Å². The lowest BCUT2D eigenvalue weighted by atomic mass is 9.66. The van der Waals surface area contributed by atoms with Crippen LogP contribution in [0.15, 0.2) is 327 Å². The van der Waals surface area contributed by atoms with Crippen LogP contribution in [0.25, 0.3) is 50.1 Å². The molecule has 2 nitrogen and oxygen atoms in total. The third kappa shape index (κ3) is 9.11. The summed E-state index contributed by atoms with van der Waals surface area (Å²) in [6, 6.07) is 95.0. The van der Waals surface area contributed by atoms with E-state index in [2.05, 4.69) is 327 Å². The first kappa shape index (κ1) is 48.2. The van der Waals surface area contributed by atoms with Crippen LogP contribution in [0.1, 0.15) is 35.6 Å². The van der Waals surface area contributed by atoms with Crippen LogP contribution in [0.5, 0.6) is 0 Å². The summed E-state index contributed by atoms with van der Waals surface area (Å²) in [5, 5.41) is 0. The molecule has 0 aliphatic heterocycles.